The van der Waals surface area contributed by atoms with Gasteiger partial charge >= 0.3 is 0 Å². The molecule has 0 aliphatic carbocycles. The highest BCUT2D eigenvalue weighted by Crippen LogP contribution is 2.21. The molecule has 3 rings (SSSR count). The highest BCUT2D eigenvalue weighted by atomic mass is 35.5. The molecule has 140 valence electrons. The number of hydrogen-bond acceptors (Lipinski definition) is 5. The van der Waals surface area contributed by atoms with E-state index in [0.29, 0.717) is 11.6 Å². The largest absolute Gasteiger partial charge is 0.348 e. The number of aryl methyl sites for hydroxylation is 1. The first-order valence-electron chi connectivity index (χ1n) is 8.95. The third kappa shape index (κ3) is 5.19. The minimum Gasteiger partial charge on any atom is -0.348 e. The molecule has 1 atom stereocenters. The van der Waals surface area contributed by atoms with Crippen LogP contribution in [0.25, 0.3) is 0 Å². The number of hydrogen-bond donors (Lipinski definition) is 1. The zero-order valence-electron chi connectivity index (χ0n) is 15.2. The molecule has 5 nitrogen and oxygen atoms in total. The fourth-order valence-corrected chi connectivity index (χ4v) is 4.12. The second-order valence-electron chi connectivity index (χ2n) is 6.73. The molecule has 1 fully saturated rings. The van der Waals surface area contributed by atoms with E-state index in [1.54, 1.807) is 11.3 Å². The van der Waals surface area contributed by atoms with Crippen LogP contribution in [0.1, 0.15) is 30.6 Å². The lowest BCUT2D eigenvalue weighted by molar-refractivity contribution is -0.122. The molecule has 1 N–H and O–H groups in total. The minimum absolute atomic E-state index is 0.0264. The number of carbonyl (C=O) groups excluding carboxylic acids is 1. The molecule has 2 aromatic rings. The van der Waals surface area contributed by atoms with Gasteiger partial charge in [0.15, 0.2) is 5.13 Å². The van der Waals surface area contributed by atoms with Crippen LogP contribution < -0.4 is 10.2 Å². The molecular weight excluding hydrogens is 368 g/mol. The van der Waals surface area contributed by atoms with E-state index in [2.05, 4.69) is 25.5 Å². The maximum absolute atomic E-state index is 12.4. The molecule has 0 bridgehead atoms. The summed E-state index contributed by atoms with van der Waals surface area (Å²) in [5.74, 6) is 0.0611. The van der Waals surface area contributed by atoms with Gasteiger partial charge in [-0.2, -0.15) is 0 Å². The van der Waals surface area contributed by atoms with Crippen molar-refractivity contribution >= 4 is 34.0 Å². The Bertz CT molecular complexity index is 733. The van der Waals surface area contributed by atoms with Crippen molar-refractivity contribution in [3.8, 4) is 0 Å². The fourth-order valence-electron chi connectivity index (χ4n) is 3.13. The smallest absolute Gasteiger partial charge is 0.234 e. The first-order valence-corrected chi connectivity index (χ1v) is 10.2. The summed E-state index contributed by atoms with van der Waals surface area (Å²) in [5.41, 5.74) is 2.13. The zero-order valence-corrected chi connectivity index (χ0v) is 16.8. The number of benzene rings is 1. The van der Waals surface area contributed by atoms with Crippen LogP contribution in [-0.2, 0) is 4.79 Å². The van der Waals surface area contributed by atoms with Crippen molar-refractivity contribution in [3.05, 3.63) is 45.9 Å². The second kappa shape index (κ2) is 8.84. The Hall–Kier alpha value is -1.63. The monoisotopic (exact) mass is 392 g/mol. The highest BCUT2D eigenvalue weighted by Gasteiger charge is 2.19. The average molecular weight is 393 g/mol. The number of anilines is 1. The van der Waals surface area contributed by atoms with E-state index in [4.69, 9.17) is 11.6 Å². The quantitative estimate of drug-likeness (QED) is 0.846. The van der Waals surface area contributed by atoms with E-state index < -0.39 is 0 Å². The van der Waals surface area contributed by atoms with Crippen LogP contribution in [0.2, 0.25) is 5.02 Å². The average Bonchev–Trinajstić information content (AvgIpc) is 2.90. The predicted molar refractivity (Wildman–Crippen MR) is 108 cm³/mol. The minimum atomic E-state index is -0.0264. The number of nitrogens with zero attached hydrogens (tertiary/aromatic N) is 3. The van der Waals surface area contributed by atoms with E-state index >= 15 is 0 Å². The van der Waals surface area contributed by atoms with Crippen LogP contribution in [0.4, 0.5) is 5.13 Å². The van der Waals surface area contributed by atoms with Gasteiger partial charge in [0.2, 0.25) is 5.91 Å². The van der Waals surface area contributed by atoms with E-state index in [0.717, 1.165) is 49.0 Å². The molecule has 1 amide bonds. The van der Waals surface area contributed by atoms with Gasteiger partial charge in [-0.05, 0) is 38.0 Å². The van der Waals surface area contributed by atoms with Crippen molar-refractivity contribution in [1.82, 2.24) is 15.2 Å². The molecule has 1 aromatic carbocycles. The normalized spacial score (nSPS) is 17.0. The van der Waals surface area contributed by atoms with Crippen LogP contribution in [0, 0.1) is 6.92 Å². The Balaban J connectivity index is 1.49. The van der Waals surface area contributed by atoms with Crippen LogP contribution >= 0.6 is 22.9 Å². The second-order valence-corrected chi connectivity index (χ2v) is 8.00. The van der Waals surface area contributed by atoms with Crippen LogP contribution in [0.5, 0.6) is 0 Å². The van der Waals surface area contributed by atoms with Gasteiger partial charge in [0.05, 0.1) is 18.3 Å². The third-order valence-electron chi connectivity index (χ3n) is 4.58. The Morgan fingerprint density at radius 3 is 2.73 bits per heavy atom. The standard InChI is InChI=1S/C19H25ClN4OS/c1-14-13-26-19(21-14)24-9-3-8-23(10-11-24)12-18(25)22-15(2)16-4-6-17(20)7-5-16/h4-7,13,15H,3,8-12H2,1-2H3,(H,22,25). The summed E-state index contributed by atoms with van der Waals surface area (Å²) in [4.78, 5) is 21.6. The molecule has 7 heteroatoms. The van der Waals surface area contributed by atoms with Crippen molar-refractivity contribution in [2.45, 2.75) is 26.3 Å². The number of amides is 1. The molecule has 0 saturated carbocycles. The molecule has 1 aliphatic heterocycles. The summed E-state index contributed by atoms with van der Waals surface area (Å²) < 4.78 is 0. The molecule has 1 aromatic heterocycles. The molecular formula is C19H25ClN4OS. The third-order valence-corrected chi connectivity index (χ3v) is 5.85. The van der Waals surface area contributed by atoms with Gasteiger partial charge < -0.3 is 10.2 Å². The summed E-state index contributed by atoms with van der Waals surface area (Å²) in [5, 5.41) is 6.96. The number of aromatic nitrogens is 1. The highest BCUT2D eigenvalue weighted by molar-refractivity contribution is 7.13. The van der Waals surface area contributed by atoms with E-state index in [1.165, 1.54) is 0 Å². The number of halogens is 1. The van der Waals surface area contributed by atoms with Crippen molar-refractivity contribution in [1.29, 1.82) is 0 Å². The van der Waals surface area contributed by atoms with Gasteiger partial charge in [0.25, 0.3) is 0 Å². The number of thiazole rings is 1. The van der Waals surface area contributed by atoms with E-state index in [9.17, 15) is 4.79 Å². The molecule has 0 radical (unpaired) electrons. The van der Waals surface area contributed by atoms with Gasteiger partial charge in [-0.15, -0.1) is 11.3 Å². The SMILES string of the molecule is Cc1csc(N2CCCN(CC(=O)NC(C)c3ccc(Cl)cc3)CC2)n1. The van der Waals surface area contributed by atoms with Crippen molar-refractivity contribution in [3.63, 3.8) is 0 Å². The van der Waals surface area contributed by atoms with Crippen LogP contribution in [-0.4, -0.2) is 48.5 Å². The summed E-state index contributed by atoms with van der Waals surface area (Å²) in [6.07, 6.45) is 1.04. The number of carbonyl (C=O) groups is 1. The van der Waals surface area contributed by atoms with Gasteiger partial charge in [0, 0.05) is 36.6 Å². The maximum Gasteiger partial charge on any atom is 0.234 e. The van der Waals surface area contributed by atoms with E-state index in [-0.39, 0.29) is 11.9 Å². The van der Waals surface area contributed by atoms with Crippen LogP contribution in [0.3, 0.4) is 0 Å². The first-order chi connectivity index (χ1) is 12.5. The summed E-state index contributed by atoms with van der Waals surface area (Å²) >= 11 is 7.62. The fraction of sp³-hybridized carbons (Fsp3) is 0.474. The lowest BCUT2D eigenvalue weighted by Crippen LogP contribution is -2.40. The first kappa shape index (κ1) is 19.1. The molecule has 1 unspecified atom stereocenters. The zero-order chi connectivity index (χ0) is 18.5. The molecule has 2 heterocycles. The van der Waals surface area contributed by atoms with Crippen molar-refractivity contribution < 1.29 is 4.79 Å². The summed E-state index contributed by atoms with van der Waals surface area (Å²) in [6, 6.07) is 7.58. The van der Waals surface area contributed by atoms with Gasteiger partial charge in [-0.25, -0.2) is 4.98 Å². The van der Waals surface area contributed by atoms with Gasteiger partial charge in [-0.1, -0.05) is 23.7 Å². The summed E-state index contributed by atoms with van der Waals surface area (Å²) in [6.45, 7) is 8.17. The Kier molecular flexibility index (Phi) is 6.51. The molecule has 1 aliphatic rings. The number of nitrogens with one attached hydrogen (secondary N) is 1. The number of rotatable bonds is 5. The van der Waals surface area contributed by atoms with Crippen LogP contribution in [0.15, 0.2) is 29.6 Å². The molecule has 26 heavy (non-hydrogen) atoms. The van der Waals surface area contributed by atoms with Gasteiger partial charge in [-0.3, -0.25) is 9.69 Å². The maximum atomic E-state index is 12.4. The van der Waals surface area contributed by atoms with Crippen molar-refractivity contribution in [2.24, 2.45) is 0 Å². The summed E-state index contributed by atoms with van der Waals surface area (Å²) in [7, 11) is 0. The lowest BCUT2D eigenvalue weighted by atomic mass is 10.1. The topological polar surface area (TPSA) is 48.5 Å². The van der Waals surface area contributed by atoms with Gasteiger partial charge in [0.1, 0.15) is 0 Å². The van der Waals surface area contributed by atoms with Crippen molar-refractivity contribution in [2.75, 3.05) is 37.6 Å². The Morgan fingerprint density at radius 2 is 2.04 bits per heavy atom. The molecule has 1 saturated heterocycles. The van der Waals surface area contributed by atoms with E-state index in [1.807, 2.05) is 38.1 Å². The Labute approximate surface area is 164 Å². The molecule has 0 spiro atoms. The predicted octanol–water partition coefficient (Wildman–Crippen LogP) is 3.49. The Morgan fingerprint density at radius 1 is 1.27 bits per heavy atom. The lowest BCUT2D eigenvalue weighted by Gasteiger charge is -2.22.